The van der Waals surface area contributed by atoms with Crippen molar-refractivity contribution in [3.8, 4) is 0 Å². The first kappa shape index (κ1) is 14.6. The van der Waals surface area contributed by atoms with Crippen LogP contribution in [0.15, 0.2) is 84.9 Å². The van der Waals surface area contributed by atoms with Gasteiger partial charge in [0.1, 0.15) is 5.52 Å². The smallest absolute Gasteiger partial charge is 0.113 e. The van der Waals surface area contributed by atoms with Crippen molar-refractivity contribution in [3.63, 3.8) is 0 Å². The molecule has 4 rings (SSSR count). The fourth-order valence-corrected chi connectivity index (χ4v) is 2.93. The Balaban J connectivity index is 1.63. The normalized spacial score (nSPS) is 11.2. The Morgan fingerprint density at radius 3 is 2.00 bits per heavy atom. The third-order valence-corrected chi connectivity index (χ3v) is 4.13. The second-order valence-corrected chi connectivity index (χ2v) is 5.69. The molecule has 1 aromatic heterocycles. The Bertz CT molecular complexity index is 876. The molecule has 0 aliphatic heterocycles. The Kier molecular flexibility index (Phi) is 4.04. The molecule has 0 saturated carbocycles. The number of rotatable bonds is 5. The third kappa shape index (κ3) is 2.92. The van der Waals surface area contributed by atoms with E-state index in [1.165, 1.54) is 11.1 Å². The number of aromatic nitrogens is 3. The molecular formula is C20H18N4. The molecule has 4 nitrogen and oxygen atoms in total. The average molecular weight is 314 g/mol. The van der Waals surface area contributed by atoms with E-state index in [2.05, 4.69) is 64.2 Å². The van der Waals surface area contributed by atoms with Crippen molar-refractivity contribution in [1.29, 1.82) is 0 Å². The molecule has 0 spiro atoms. The Morgan fingerprint density at radius 2 is 1.33 bits per heavy atom. The Labute approximate surface area is 140 Å². The summed E-state index contributed by atoms with van der Waals surface area (Å²) in [5, 5.41) is 12.1. The summed E-state index contributed by atoms with van der Waals surface area (Å²) >= 11 is 0. The van der Waals surface area contributed by atoms with Gasteiger partial charge >= 0.3 is 0 Å². The topological polar surface area (TPSA) is 42.7 Å². The van der Waals surface area contributed by atoms with Gasteiger partial charge in [-0.2, -0.15) is 0 Å². The highest BCUT2D eigenvalue weighted by Gasteiger charge is 2.14. The number of para-hydroxylation sites is 1. The van der Waals surface area contributed by atoms with Crippen molar-refractivity contribution in [2.24, 2.45) is 0 Å². The molecule has 4 heteroatoms. The molecule has 1 heterocycles. The maximum Gasteiger partial charge on any atom is 0.113 e. The molecule has 0 unspecified atom stereocenters. The summed E-state index contributed by atoms with van der Waals surface area (Å²) in [6, 6.07) is 29.0. The number of fused-ring (bicyclic) bond motifs is 1. The van der Waals surface area contributed by atoms with Gasteiger partial charge in [-0.3, -0.25) is 5.32 Å². The zero-order valence-corrected chi connectivity index (χ0v) is 13.2. The van der Waals surface area contributed by atoms with Crippen LogP contribution in [0.1, 0.15) is 17.2 Å². The molecule has 0 atom stereocenters. The lowest BCUT2D eigenvalue weighted by Crippen LogP contribution is -2.25. The second-order valence-electron chi connectivity index (χ2n) is 5.69. The summed E-state index contributed by atoms with van der Waals surface area (Å²) in [6.45, 7) is 0.592. The minimum atomic E-state index is 0.107. The molecular weight excluding hydrogens is 296 g/mol. The highest BCUT2D eigenvalue weighted by Crippen LogP contribution is 2.22. The van der Waals surface area contributed by atoms with Gasteiger partial charge in [-0.1, -0.05) is 78.0 Å². The van der Waals surface area contributed by atoms with Crippen LogP contribution in [0.25, 0.3) is 11.0 Å². The molecule has 4 aromatic rings. The monoisotopic (exact) mass is 314 g/mol. The van der Waals surface area contributed by atoms with E-state index in [-0.39, 0.29) is 6.04 Å². The minimum absolute atomic E-state index is 0.107. The highest BCUT2D eigenvalue weighted by molar-refractivity contribution is 5.73. The van der Waals surface area contributed by atoms with Crippen LogP contribution >= 0.6 is 0 Å². The molecule has 24 heavy (non-hydrogen) atoms. The van der Waals surface area contributed by atoms with Crippen molar-refractivity contribution in [2.75, 3.05) is 0 Å². The summed E-state index contributed by atoms with van der Waals surface area (Å²) in [7, 11) is 0. The van der Waals surface area contributed by atoms with Gasteiger partial charge in [-0.05, 0) is 23.3 Å². The molecule has 0 aliphatic carbocycles. The molecule has 0 fully saturated rings. The van der Waals surface area contributed by atoms with Gasteiger partial charge in [0.15, 0.2) is 0 Å². The lowest BCUT2D eigenvalue weighted by Gasteiger charge is -2.20. The Morgan fingerprint density at radius 1 is 0.750 bits per heavy atom. The van der Waals surface area contributed by atoms with E-state index in [1.807, 2.05) is 41.1 Å². The molecule has 0 saturated heterocycles. The fourth-order valence-electron chi connectivity index (χ4n) is 2.93. The van der Waals surface area contributed by atoms with E-state index in [4.69, 9.17) is 0 Å². The van der Waals surface area contributed by atoms with Crippen LogP contribution in [-0.2, 0) is 6.67 Å². The summed E-state index contributed by atoms with van der Waals surface area (Å²) in [6.07, 6.45) is 0. The SMILES string of the molecule is c1ccc(C(NCn2nnc3ccccc32)c2ccccc2)cc1. The van der Waals surface area contributed by atoms with Gasteiger partial charge in [-0.15, -0.1) is 5.10 Å². The summed E-state index contributed by atoms with van der Waals surface area (Å²) < 4.78 is 1.90. The molecule has 0 amide bonds. The standard InChI is InChI=1S/C20H18N4/c1-3-9-16(10-4-1)20(17-11-5-2-6-12-17)21-15-24-19-14-8-7-13-18(19)22-23-24/h1-14,20-21H,15H2. The van der Waals surface area contributed by atoms with Crippen molar-refractivity contribution in [3.05, 3.63) is 96.1 Å². The lowest BCUT2D eigenvalue weighted by molar-refractivity contribution is 0.473. The zero-order valence-electron chi connectivity index (χ0n) is 13.2. The van der Waals surface area contributed by atoms with Gasteiger partial charge in [0.25, 0.3) is 0 Å². The van der Waals surface area contributed by atoms with Crippen LogP contribution in [0.2, 0.25) is 0 Å². The number of hydrogen-bond acceptors (Lipinski definition) is 3. The third-order valence-electron chi connectivity index (χ3n) is 4.13. The van der Waals surface area contributed by atoms with Crippen molar-refractivity contribution in [2.45, 2.75) is 12.7 Å². The van der Waals surface area contributed by atoms with E-state index in [9.17, 15) is 0 Å². The minimum Gasteiger partial charge on any atom is -0.287 e. The summed E-state index contributed by atoms with van der Waals surface area (Å²) in [5.41, 5.74) is 4.40. The van der Waals surface area contributed by atoms with Crippen LogP contribution in [0.5, 0.6) is 0 Å². The molecule has 0 aliphatic rings. The zero-order chi connectivity index (χ0) is 16.2. The van der Waals surface area contributed by atoms with Gasteiger partial charge in [0, 0.05) is 0 Å². The van der Waals surface area contributed by atoms with Crippen molar-refractivity contribution < 1.29 is 0 Å². The summed E-state index contributed by atoms with van der Waals surface area (Å²) in [5.74, 6) is 0. The van der Waals surface area contributed by atoms with E-state index in [0.29, 0.717) is 6.67 Å². The van der Waals surface area contributed by atoms with Crippen LogP contribution in [0.4, 0.5) is 0 Å². The first-order valence-electron chi connectivity index (χ1n) is 8.03. The van der Waals surface area contributed by atoms with E-state index in [0.717, 1.165) is 11.0 Å². The number of hydrogen-bond donors (Lipinski definition) is 1. The predicted molar refractivity (Wildman–Crippen MR) is 95.4 cm³/mol. The predicted octanol–water partition coefficient (Wildman–Crippen LogP) is 3.77. The average Bonchev–Trinajstić information content (AvgIpc) is 3.07. The van der Waals surface area contributed by atoms with E-state index < -0.39 is 0 Å². The molecule has 1 N–H and O–H groups in total. The molecule has 3 aromatic carbocycles. The summed E-state index contributed by atoms with van der Waals surface area (Å²) in [4.78, 5) is 0. The molecule has 118 valence electrons. The van der Waals surface area contributed by atoms with Crippen molar-refractivity contribution in [1.82, 2.24) is 20.3 Å². The largest absolute Gasteiger partial charge is 0.287 e. The van der Waals surface area contributed by atoms with Crippen LogP contribution in [-0.4, -0.2) is 15.0 Å². The highest BCUT2D eigenvalue weighted by atomic mass is 15.5. The number of nitrogens with one attached hydrogen (secondary N) is 1. The maximum atomic E-state index is 4.26. The van der Waals surface area contributed by atoms with E-state index in [1.54, 1.807) is 0 Å². The maximum absolute atomic E-state index is 4.26. The second kappa shape index (κ2) is 6.64. The number of benzene rings is 3. The van der Waals surface area contributed by atoms with Crippen molar-refractivity contribution >= 4 is 11.0 Å². The van der Waals surface area contributed by atoms with Gasteiger partial charge in [0.2, 0.25) is 0 Å². The van der Waals surface area contributed by atoms with Crippen LogP contribution < -0.4 is 5.32 Å². The Hall–Kier alpha value is -2.98. The quantitative estimate of drug-likeness (QED) is 0.610. The van der Waals surface area contributed by atoms with Crippen LogP contribution in [0, 0.1) is 0 Å². The van der Waals surface area contributed by atoms with E-state index >= 15 is 0 Å². The van der Waals surface area contributed by atoms with Gasteiger partial charge in [-0.25, -0.2) is 4.68 Å². The fraction of sp³-hybridized carbons (Fsp3) is 0.100. The van der Waals surface area contributed by atoms with Crippen LogP contribution in [0.3, 0.4) is 0 Å². The molecule has 0 bridgehead atoms. The lowest BCUT2D eigenvalue weighted by atomic mass is 9.99. The van der Waals surface area contributed by atoms with Gasteiger partial charge in [0.05, 0.1) is 18.2 Å². The van der Waals surface area contributed by atoms with Gasteiger partial charge < -0.3 is 0 Å². The number of nitrogens with zero attached hydrogens (tertiary/aromatic N) is 3. The molecule has 0 radical (unpaired) electrons. The first-order valence-corrected chi connectivity index (χ1v) is 8.03. The first-order chi connectivity index (χ1) is 11.9.